The molecule has 6 nitrogen and oxygen atoms in total. The zero-order valence-corrected chi connectivity index (χ0v) is 11.5. The van der Waals surface area contributed by atoms with Crippen molar-refractivity contribution in [1.82, 2.24) is 10.6 Å². The molecule has 1 rings (SSSR count). The molecule has 0 radical (unpaired) electrons. The highest BCUT2D eigenvalue weighted by Gasteiger charge is 2.30. The number of ether oxygens (including phenoxy) is 1. The van der Waals surface area contributed by atoms with E-state index in [0.717, 1.165) is 5.57 Å². The van der Waals surface area contributed by atoms with Crippen molar-refractivity contribution < 1.29 is 19.1 Å². The molecule has 106 valence electrons. The molecule has 1 saturated heterocycles. The molecule has 0 unspecified atom stereocenters. The number of hydrogen-bond donors (Lipinski definition) is 2. The Morgan fingerprint density at radius 3 is 2.68 bits per heavy atom. The fraction of sp³-hybridized carbons (Fsp3) is 0.615. The van der Waals surface area contributed by atoms with Gasteiger partial charge in [0.15, 0.2) is 0 Å². The Balaban J connectivity index is 2.61. The Kier molecular flexibility index (Phi) is 5.54. The van der Waals surface area contributed by atoms with Gasteiger partial charge in [0.05, 0.1) is 7.11 Å². The number of nitrogens with one attached hydrogen (secondary N) is 2. The second kappa shape index (κ2) is 6.92. The number of hydrogen-bond acceptors (Lipinski definition) is 4. The standard InChI is InChI=1S/C13H20N2O4/c1-8(2)4-5-10(13(18)19-3)15-12(17)9-6-7-11(16)14-9/h4,9-10H,5-7H2,1-3H3,(H,14,16)(H,15,17)/t9-,10-/m1/s1. The lowest BCUT2D eigenvalue weighted by Crippen LogP contribution is -2.48. The maximum atomic E-state index is 11.9. The van der Waals surface area contributed by atoms with E-state index in [4.69, 9.17) is 0 Å². The van der Waals surface area contributed by atoms with Crippen LogP contribution in [0.15, 0.2) is 11.6 Å². The largest absolute Gasteiger partial charge is 0.467 e. The second-order valence-corrected chi connectivity index (χ2v) is 4.76. The lowest BCUT2D eigenvalue weighted by molar-refractivity contribution is -0.145. The minimum Gasteiger partial charge on any atom is -0.467 e. The van der Waals surface area contributed by atoms with E-state index in [9.17, 15) is 14.4 Å². The van der Waals surface area contributed by atoms with E-state index < -0.39 is 18.1 Å². The highest BCUT2D eigenvalue weighted by atomic mass is 16.5. The maximum Gasteiger partial charge on any atom is 0.328 e. The molecule has 1 heterocycles. The first kappa shape index (κ1) is 15.2. The molecule has 1 aliphatic rings. The van der Waals surface area contributed by atoms with Crippen molar-refractivity contribution in [3.8, 4) is 0 Å². The quantitative estimate of drug-likeness (QED) is 0.554. The van der Waals surface area contributed by atoms with Gasteiger partial charge in [0.25, 0.3) is 0 Å². The molecular formula is C13H20N2O4. The molecule has 0 aromatic heterocycles. The summed E-state index contributed by atoms with van der Waals surface area (Å²) in [6.45, 7) is 3.82. The molecule has 2 atom stereocenters. The third-order valence-electron chi connectivity index (χ3n) is 2.88. The van der Waals surface area contributed by atoms with E-state index in [1.54, 1.807) is 0 Å². The van der Waals surface area contributed by atoms with Crippen LogP contribution in [-0.2, 0) is 19.1 Å². The molecule has 0 aromatic rings. The van der Waals surface area contributed by atoms with Gasteiger partial charge in [-0.1, -0.05) is 11.6 Å². The Hall–Kier alpha value is -1.85. The van der Waals surface area contributed by atoms with E-state index in [-0.39, 0.29) is 11.8 Å². The third kappa shape index (κ3) is 4.73. The summed E-state index contributed by atoms with van der Waals surface area (Å²) in [7, 11) is 1.28. The smallest absolute Gasteiger partial charge is 0.328 e. The topological polar surface area (TPSA) is 84.5 Å². The average molecular weight is 268 g/mol. The molecule has 1 aliphatic heterocycles. The fourth-order valence-corrected chi connectivity index (χ4v) is 1.79. The van der Waals surface area contributed by atoms with Crippen molar-refractivity contribution in [2.45, 2.75) is 45.2 Å². The maximum absolute atomic E-state index is 11.9. The van der Waals surface area contributed by atoms with Crippen LogP contribution in [0.25, 0.3) is 0 Å². The number of methoxy groups -OCH3 is 1. The molecule has 0 aliphatic carbocycles. The van der Waals surface area contributed by atoms with E-state index in [2.05, 4.69) is 15.4 Å². The van der Waals surface area contributed by atoms with Gasteiger partial charge in [-0.15, -0.1) is 0 Å². The Labute approximate surface area is 112 Å². The highest BCUT2D eigenvalue weighted by Crippen LogP contribution is 2.08. The molecule has 0 aromatic carbocycles. The van der Waals surface area contributed by atoms with Crippen LogP contribution in [-0.4, -0.2) is 37.0 Å². The minimum atomic E-state index is -0.718. The summed E-state index contributed by atoms with van der Waals surface area (Å²) in [6.07, 6.45) is 3.03. The molecule has 0 saturated carbocycles. The van der Waals surface area contributed by atoms with Crippen LogP contribution >= 0.6 is 0 Å². The fourth-order valence-electron chi connectivity index (χ4n) is 1.79. The lowest BCUT2D eigenvalue weighted by atomic mass is 10.1. The second-order valence-electron chi connectivity index (χ2n) is 4.76. The first-order chi connectivity index (χ1) is 8.93. The number of carbonyl (C=O) groups is 3. The summed E-state index contributed by atoms with van der Waals surface area (Å²) >= 11 is 0. The number of amides is 2. The Morgan fingerprint density at radius 1 is 1.53 bits per heavy atom. The predicted octanol–water partition coefficient (Wildman–Crippen LogP) is 0.279. The number of rotatable bonds is 5. The summed E-state index contributed by atoms with van der Waals surface area (Å²) in [5.74, 6) is -0.974. The van der Waals surface area contributed by atoms with Gasteiger partial charge in [-0.05, 0) is 26.7 Å². The Bertz CT molecular complexity index is 399. The van der Waals surface area contributed by atoms with Gasteiger partial charge in [0.1, 0.15) is 12.1 Å². The van der Waals surface area contributed by atoms with Crippen molar-refractivity contribution >= 4 is 17.8 Å². The van der Waals surface area contributed by atoms with Crippen LogP contribution in [0, 0.1) is 0 Å². The predicted molar refractivity (Wildman–Crippen MR) is 69.2 cm³/mol. The monoisotopic (exact) mass is 268 g/mol. The van der Waals surface area contributed by atoms with Crippen LogP contribution in [0.3, 0.4) is 0 Å². The molecule has 6 heteroatoms. The van der Waals surface area contributed by atoms with Gasteiger partial charge in [0.2, 0.25) is 11.8 Å². The number of carbonyl (C=O) groups excluding carboxylic acids is 3. The van der Waals surface area contributed by atoms with Crippen molar-refractivity contribution in [3.05, 3.63) is 11.6 Å². The molecule has 19 heavy (non-hydrogen) atoms. The zero-order valence-electron chi connectivity index (χ0n) is 11.5. The van der Waals surface area contributed by atoms with Crippen LogP contribution < -0.4 is 10.6 Å². The Morgan fingerprint density at radius 2 is 2.21 bits per heavy atom. The van der Waals surface area contributed by atoms with Crippen molar-refractivity contribution in [2.24, 2.45) is 0 Å². The SMILES string of the molecule is COC(=O)[C@@H](CC=C(C)C)NC(=O)[C@H]1CCC(=O)N1. The lowest BCUT2D eigenvalue weighted by Gasteiger charge is -2.17. The summed E-state index contributed by atoms with van der Waals surface area (Å²) in [5, 5.41) is 5.18. The summed E-state index contributed by atoms with van der Waals surface area (Å²) < 4.78 is 4.66. The first-order valence-corrected chi connectivity index (χ1v) is 6.25. The average Bonchev–Trinajstić information content (AvgIpc) is 2.79. The number of esters is 1. The molecule has 0 bridgehead atoms. The van der Waals surface area contributed by atoms with Crippen LogP contribution in [0.4, 0.5) is 0 Å². The van der Waals surface area contributed by atoms with Crippen molar-refractivity contribution in [2.75, 3.05) is 7.11 Å². The summed E-state index contributed by atoms with van der Waals surface area (Å²) in [6, 6.07) is -1.27. The number of allylic oxidation sites excluding steroid dienone is 1. The zero-order chi connectivity index (χ0) is 14.4. The van der Waals surface area contributed by atoms with Gasteiger partial charge in [-0.2, -0.15) is 0 Å². The van der Waals surface area contributed by atoms with E-state index in [0.29, 0.717) is 19.3 Å². The molecule has 2 amide bonds. The molecule has 0 spiro atoms. The van der Waals surface area contributed by atoms with Gasteiger partial charge in [-0.3, -0.25) is 9.59 Å². The van der Waals surface area contributed by atoms with Gasteiger partial charge in [0, 0.05) is 6.42 Å². The van der Waals surface area contributed by atoms with Crippen LogP contribution in [0.2, 0.25) is 0 Å². The first-order valence-electron chi connectivity index (χ1n) is 6.25. The molecule has 1 fully saturated rings. The van der Waals surface area contributed by atoms with E-state index >= 15 is 0 Å². The summed E-state index contributed by atoms with van der Waals surface area (Å²) in [4.78, 5) is 34.6. The third-order valence-corrected chi connectivity index (χ3v) is 2.88. The minimum absolute atomic E-state index is 0.140. The summed E-state index contributed by atoms with van der Waals surface area (Å²) in [5.41, 5.74) is 1.05. The van der Waals surface area contributed by atoms with Crippen LogP contribution in [0.5, 0.6) is 0 Å². The molecular weight excluding hydrogens is 248 g/mol. The highest BCUT2D eigenvalue weighted by molar-refractivity contribution is 5.93. The van der Waals surface area contributed by atoms with E-state index in [1.165, 1.54) is 7.11 Å². The van der Waals surface area contributed by atoms with Crippen molar-refractivity contribution in [1.29, 1.82) is 0 Å². The van der Waals surface area contributed by atoms with Gasteiger partial charge >= 0.3 is 5.97 Å². The van der Waals surface area contributed by atoms with Gasteiger partial charge in [-0.25, -0.2) is 4.79 Å². The van der Waals surface area contributed by atoms with Crippen molar-refractivity contribution in [3.63, 3.8) is 0 Å². The van der Waals surface area contributed by atoms with Gasteiger partial charge < -0.3 is 15.4 Å². The van der Waals surface area contributed by atoms with Crippen LogP contribution in [0.1, 0.15) is 33.1 Å². The molecule has 2 N–H and O–H groups in total. The normalized spacial score (nSPS) is 19.3. The van der Waals surface area contributed by atoms with E-state index in [1.807, 2.05) is 19.9 Å².